The molecule has 2 fully saturated rings. The van der Waals surface area contributed by atoms with Crippen molar-refractivity contribution in [1.82, 2.24) is 0 Å². The molecule has 15 heavy (non-hydrogen) atoms. The van der Waals surface area contributed by atoms with Gasteiger partial charge in [0.1, 0.15) is 0 Å². The topological polar surface area (TPSA) is 0 Å². The Labute approximate surface area is 92.0 Å². The average molecular weight is 198 g/mol. The molecule has 2 aliphatic carbocycles. The zero-order valence-electron chi connectivity index (χ0n) is 9.37. The Kier molecular flexibility index (Phi) is 1.98. The van der Waals surface area contributed by atoms with Gasteiger partial charge in [-0.25, -0.2) is 0 Å². The number of hydrogen-bond acceptors (Lipinski definition) is 0. The van der Waals surface area contributed by atoms with Crippen LogP contribution in [0.1, 0.15) is 38.2 Å². The Balaban J connectivity index is 1.81. The van der Waals surface area contributed by atoms with Crippen LogP contribution in [0.15, 0.2) is 35.9 Å². The highest BCUT2D eigenvalue weighted by Gasteiger charge is 2.63. The third-order valence-corrected chi connectivity index (χ3v) is 4.09. The van der Waals surface area contributed by atoms with Crippen molar-refractivity contribution in [1.29, 1.82) is 0 Å². The van der Waals surface area contributed by atoms with Crippen molar-refractivity contribution >= 4 is 6.08 Å². The number of allylic oxidation sites excluding steroid dienone is 1. The molecular weight excluding hydrogens is 180 g/mol. The molecule has 78 valence electrons. The molecule has 1 atom stereocenters. The molecule has 0 heterocycles. The highest BCUT2D eigenvalue weighted by atomic mass is 14.7. The lowest BCUT2D eigenvalue weighted by molar-refractivity contribution is 0.770. The molecule has 2 aliphatic rings. The summed E-state index contributed by atoms with van der Waals surface area (Å²) in [7, 11) is 0. The molecule has 1 spiro atoms. The summed E-state index contributed by atoms with van der Waals surface area (Å²) in [6.07, 6.45) is 8.09. The zero-order valence-corrected chi connectivity index (χ0v) is 9.37. The van der Waals surface area contributed by atoms with E-state index in [2.05, 4.69) is 43.3 Å². The number of rotatable bonds is 3. The molecule has 0 nitrogen and oxygen atoms in total. The SMILES string of the molecule is CC/C(=C\c1ccccc1)[C@@H]1CC12CC2. The smallest absolute Gasteiger partial charge is 0.0138 e. The summed E-state index contributed by atoms with van der Waals surface area (Å²) in [4.78, 5) is 0. The van der Waals surface area contributed by atoms with Crippen LogP contribution in [0.2, 0.25) is 0 Å². The maximum Gasteiger partial charge on any atom is -0.0138 e. The Bertz CT molecular complexity index is 382. The van der Waals surface area contributed by atoms with Crippen LogP contribution in [0, 0.1) is 11.3 Å². The predicted octanol–water partition coefficient (Wildman–Crippen LogP) is 4.28. The van der Waals surface area contributed by atoms with Gasteiger partial charge in [-0.3, -0.25) is 0 Å². The van der Waals surface area contributed by atoms with Crippen molar-refractivity contribution in [2.75, 3.05) is 0 Å². The molecular formula is C15H18. The van der Waals surface area contributed by atoms with Gasteiger partial charge in [-0.2, -0.15) is 0 Å². The third kappa shape index (κ3) is 1.62. The molecule has 2 saturated carbocycles. The minimum Gasteiger partial charge on any atom is -0.0662 e. The molecule has 0 aliphatic heterocycles. The Morgan fingerprint density at radius 1 is 1.33 bits per heavy atom. The monoisotopic (exact) mass is 198 g/mol. The molecule has 0 amide bonds. The Morgan fingerprint density at radius 2 is 2.07 bits per heavy atom. The largest absolute Gasteiger partial charge is 0.0662 e. The maximum atomic E-state index is 2.41. The van der Waals surface area contributed by atoms with Crippen LogP contribution in [0.25, 0.3) is 6.08 Å². The van der Waals surface area contributed by atoms with Gasteiger partial charge in [-0.15, -0.1) is 0 Å². The van der Waals surface area contributed by atoms with E-state index in [1.807, 2.05) is 0 Å². The first-order chi connectivity index (χ1) is 7.34. The van der Waals surface area contributed by atoms with Gasteiger partial charge in [-0.1, -0.05) is 48.9 Å². The summed E-state index contributed by atoms with van der Waals surface area (Å²) in [5.41, 5.74) is 3.85. The fourth-order valence-corrected chi connectivity index (χ4v) is 2.80. The summed E-state index contributed by atoms with van der Waals surface area (Å²) in [5, 5.41) is 0. The third-order valence-electron chi connectivity index (χ3n) is 4.09. The van der Waals surface area contributed by atoms with Crippen LogP contribution in [-0.2, 0) is 0 Å². The van der Waals surface area contributed by atoms with Crippen molar-refractivity contribution in [2.24, 2.45) is 11.3 Å². The quantitative estimate of drug-likeness (QED) is 0.680. The van der Waals surface area contributed by atoms with Gasteiger partial charge in [0.05, 0.1) is 0 Å². The van der Waals surface area contributed by atoms with Crippen LogP contribution in [0.5, 0.6) is 0 Å². The molecule has 0 bridgehead atoms. The minimum absolute atomic E-state index is 0.802. The average Bonchev–Trinajstić information content (AvgIpc) is 3.18. The first kappa shape index (κ1) is 9.21. The summed E-state index contributed by atoms with van der Waals surface area (Å²) in [5.74, 6) is 0.933. The molecule has 0 unspecified atom stereocenters. The van der Waals surface area contributed by atoms with Crippen molar-refractivity contribution in [2.45, 2.75) is 32.6 Å². The van der Waals surface area contributed by atoms with Gasteiger partial charge in [0.2, 0.25) is 0 Å². The van der Waals surface area contributed by atoms with Gasteiger partial charge in [0.25, 0.3) is 0 Å². The second-order valence-electron chi connectivity index (χ2n) is 5.10. The van der Waals surface area contributed by atoms with E-state index in [-0.39, 0.29) is 0 Å². The lowest BCUT2D eigenvalue weighted by Gasteiger charge is -2.03. The first-order valence-corrected chi connectivity index (χ1v) is 6.09. The number of benzene rings is 1. The molecule has 3 rings (SSSR count). The minimum atomic E-state index is 0.802. The first-order valence-electron chi connectivity index (χ1n) is 6.09. The second-order valence-corrected chi connectivity index (χ2v) is 5.10. The van der Waals surface area contributed by atoms with E-state index in [0.717, 1.165) is 11.3 Å². The van der Waals surface area contributed by atoms with E-state index < -0.39 is 0 Å². The van der Waals surface area contributed by atoms with Crippen molar-refractivity contribution in [3.05, 3.63) is 41.5 Å². The van der Waals surface area contributed by atoms with Crippen LogP contribution in [0.3, 0.4) is 0 Å². The molecule has 0 aromatic heterocycles. The maximum absolute atomic E-state index is 2.41. The van der Waals surface area contributed by atoms with E-state index in [9.17, 15) is 0 Å². The van der Waals surface area contributed by atoms with E-state index in [0.29, 0.717) is 0 Å². The Morgan fingerprint density at radius 3 is 2.60 bits per heavy atom. The van der Waals surface area contributed by atoms with Gasteiger partial charge >= 0.3 is 0 Å². The van der Waals surface area contributed by atoms with E-state index in [1.54, 1.807) is 5.57 Å². The normalized spacial score (nSPS) is 26.7. The molecule has 0 saturated heterocycles. The summed E-state index contributed by atoms with van der Waals surface area (Å²) < 4.78 is 0. The fourth-order valence-electron chi connectivity index (χ4n) is 2.80. The summed E-state index contributed by atoms with van der Waals surface area (Å²) >= 11 is 0. The molecule has 1 aromatic rings. The van der Waals surface area contributed by atoms with Gasteiger partial charge in [0, 0.05) is 0 Å². The standard InChI is InChI=1S/C15H18/c1-2-13(14-11-15(14)8-9-15)10-12-6-4-3-5-7-12/h3-7,10,14H,2,8-9,11H2,1H3/b13-10+/t14-/m0/s1. The second kappa shape index (κ2) is 3.23. The molecule has 0 N–H and O–H groups in total. The lowest BCUT2D eigenvalue weighted by atomic mass is 10.0. The van der Waals surface area contributed by atoms with Crippen LogP contribution >= 0.6 is 0 Å². The highest BCUT2D eigenvalue weighted by Crippen LogP contribution is 2.73. The Hall–Kier alpha value is -1.04. The number of hydrogen-bond donors (Lipinski definition) is 0. The highest BCUT2D eigenvalue weighted by molar-refractivity contribution is 5.55. The van der Waals surface area contributed by atoms with Crippen LogP contribution in [0.4, 0.5) is 0 Å². The molecule has 0 heteroatoms. The van der Waals surface area contributed by atoms with E-state index in [4.69, 9.17) is 0 Å². The fraction of sp³-hybridized carbons (Fsp3) is 0.467. The van der Waals surface area contributed by atoms with Crippen LogP contribution in [-0.4, -0.2) is 0 Å². The van der Waals surface area contributed by atoms with Gasteiger partial charge in [-0.05, 0) is 42.6 Å². The van der Waals surface area contributed by atoms with Gasteiger partial charge in [0.15, 0.2) is 0 Å². The van der Waals surface area contributed by atoms with Crippen molar-refractivity contribution < 1.29 is 0 Å². The van der Waals surface area contributed by atoms with Gasteiger partial charge < -0.3 is 0 Å². The van der Waals surface area contributed by atoms with E-state index >= 15 is 0 Å². The summed E-state index contributed by atoms with van der Waals surface area (Å²) in [6, 6.07) is 10.7. The zero-order chi connectivity index (χ0) is 10.3. The van der Waals surface area contributed by atoms with E-state index in [1.165, 1.54) is 31.2 Å². The molecule has 1 aromatic carbocycles. The molecule has 0 radical (unpaired) electrons. The summed E-state index contributed by atoms with van der Waals surface area (Å²) in [6.45, 7) is 2.29. The lowest BCUT2D eigenvalue weighted by Crippen LogP contribution is -1.87. The van der Waals surface area contributed by atoms with Crippen LogP contribution < -0.4 is 0 Å². The van der Waals surface area contributed by atoms with Crippen molar-refractivity contribution in [3.63, 3.8) is 0 Å². The predicted molar refractivity (Wildman–Crippen MR) is 64.5 cm³/mol. The van der Waals surface area contributed by atoms with Crippen molar-refractivity contribution in [3.8, 4) is 0 Å².